The van der Waals surface area contributed by atoms with Crippen LogP contribution in [0.3, 0.4) is 0 Å². The lowest BCUT2D eigenvalue weighted by atomic mass is 10.1. The van der Waals surface area contributed by atoms with Crippen LogP contribution in [0.15, 0.2) is 73.1 Å². The molecular weight excluding hydrogens is 340 g/mol. The molecule has 0 saturated heterocycles. The Hall–Kier alpha value is -3.38. The second-order valence-corrected chi connectivity index (χ2v) is 5.96. The van der Waals surface area contributed by atoms with E-state index >= 15 is 0 Å². The molecule has 0 aliphatic carbocycles. The van der Waals surface area contributed by atoms with Crippen LogP contribution < -0.4 is 10.1 Å². The first-order chi connectivity index (χ1) is 13.3. The number of fused-ring (bicyclic) bond motifs is 1. The van der Waals surface area contributed by atoms with Crippen molar-refractivity contribution in [2.24, 2.45) is 0 Å². The fourth-order valence-electron chi connectivity index (χ4n) is 2.82. The Labute approximate surface area is 157 Å². The van der Waals surface area contributed by atoms with Crippen LogP contribution in [-0.2, 0) is 4.74 Å². The van der Waals surface area contributed by atoms with Crippen molar-refractivity contribution < 1.29 is 9.47 Å². The van der Waals surface area contributed by atoms with Gasteiger partial charge in [-0.05, 0) is 42.5 Å². The van der Waals surface area contributed by atoms with Crippen LogP contribution in [0.4, 0.5) is 11.5 Å². The summed E-state index contributed by atoms with van der Waals surface area (Å²) in [4.78, 5) is 9.08. The quantitative estimate of drug-likeness (QED) is 0.501. The highest BCUT2D eigenvalue weighted by Gasteiger charge is 2.15. The van der Waals surface area contributed by atoms with Gasteiger partial charge in [-0.1, -0.05) is 18.2 Å². The fraction of sp³-hybridized carbons (Fsp3) is 0.143. The SMILES string of the molecule is COCCOc1ccc(-c2nc3ncccn3c2Nc2ccccc2)cc1. The van der Waals surface area contributed by atoms with Crippen molar-refractivity contribution in [3.05, 3.63) is 73.1 Å². The van der Waals surface area contributed by atoms with Gasteiger partial charge in [-0.25, -0.2) is 9.97 Å². The average Bonchev–Trinajstić information content (AvgIpc) is 3.08. The first kappa shape index (κ1) is 17.1. The average molecular weight is 360 g/mol. The number of benzene rings is 2. The maximum Gasteiger partial charge on any atom is 0.235 e. The molecule has 6 nitrogen and oxygen atoms in total. The van der Waals surface area contributed by atoms with Crippen LogP contribution in [0.2, 0.25) is 0 Å². The predicted molar refractivity (Wildman–Crippen MR) is 106 cm³/mol. The largest absolute Gasteiger partial charge is 0.491 e. The Balaban J connectivity index is 1.69. The van der Waals surface area contributed by atoms with E-state index in [-0.39, 0.29) is 0 Å². The molecule has 4 rings (SSSR count). The summed E-state index contributed by atoms with van der Waals surface area (Å²) in [7, 11) is 1.66. The van der Waals surface area contributed by atoms with E-state index in [2.05, 4.69) is 10.3 Å². The van der Waals surface area contributed by atoms with Crippen LogP contribution in [0, 0.1) is 0 Å². The minimum absolute atomic E-state index is 0.523. The number of hydrogen-bond acceptors (Lipinski definition) is 5. The summed E-state index contributed by atoms with van der Waals surface area (Å²) >= 11 is 0. The van der Waals surface area contributed by atoms with Crippen molar-refractivity contribution in [1.82, 2.24) is 14.4 Å². The first-order valence-corrected chi connectivity index (χ1v) is 8.72. The van der Waals surface area contributed by atoms with E-state index in [0.29, 0.717) is 19.0 Å². The summed E-state index contributed by atoms with van der Waals surface area (Å²) in [5, 5.41) is 3.46. The smallest absolute Gasteiger partial charge is 0.235 e. The lowest BCUT2D eigenvalue weighted by Crippen LogP contribution is -2.03. The van der Waals surface area contributed by atoms with Crippen molar-refractivity contribution in [2.75, 3.05) is 25.6 Å². The van der Waals surface area contributed by atoms with E-state index in [0.717, 1.165) is 28.5 Å². The van der Waals surface area contributed by atoms with E-state index in [1.54, 1.807) is 13.3 Å². The van der Waals surface area contributed by atoms with Crippen molar-refractivity contribution >= 4 is 17.3 Å². The molecule has 2 aromatic carbocycles. The van der Waals surface area contributed by atoms with Gasteiger partial charge < -0.3 is 14.8 Å². The minimum atomic E-state index is 0.523. The Kier molecular flexibility index (Phi) is 4.98. The van der Waals surface area contributed by atoms with Gasteiger partial charge in [0, 0.05) is 30.8 Å². The van der Waals surface area contributed by atoms with Gasteiger partial charge >= 0.3 is 0 Å². The highest BCUT2D eigenvalue weighted by molar-refractivity contribution is 5.79. The summed E-state index contributed by atoms with van der Waals surface area (Å²) in [6.07, 6.45) is 3.69. The number of nitrogens with zero attached hydrogens (tertiary/aromatic N) is 3. The summed E-state index contributed by atoms with van der Waals surface area (Å²) < 4.78 is 12.6. The van der Waals surface area contributed by atoms with Gasteiger partial charge in [0.25, 0.3) is 0 Å². The first-order valence-electron chi connectivity index (χ1n) is 8.72. The third kappa shape index (κ3) is 3.75. The zero-order valence-corrected chi connectivity index (χ0v) is 15.0. The van der Waals surface area contributed by atoms with E-state index in [4.69, 9.17) is 14.5 Å². The number of anilines is 2. The number of imidazole rings is 1. The molecule has 0 atom stereocenters. The second kappa shape index (κ2) is 7.88. The van der Waals surface area contributed by atoms with E-state index in [1.165, 1.54) is 0 Å². The zero-order chi connectivity index (χ0) is 18.5. The molecule has 0 saturated carbocycles. The molecule has 0 aliphatic heterocycles. The number of hydrogen-bond donors (Lipinski definition) is 1. The topological polar surface area (TPSA) is 60.7 Å². The molecule has 0 radical (unpaired) electrons. The molecular formula is C21H20N4O2. The maximum absolute atomic E-state index is 5.64. The molecule has 2 aromatic heterocycles. The standard InChI is InChI=1S/C21H20N4O2/c1-26-14-15-27-18-10-8-16(9-11-18)19-20(23-17-6-3-2-4-7-17)25-13-5-12-22-21(25)24-19/h2-13,23H,14-15H2,1H3. The van der Waals surface area contributed by atoms with Gasteiger partial charge in [-0.2, -0.15) is 0 Å². The summed E-state index contributed by atoms with van der Waals surface area (Å²) in [5.41, 5.74) is 2.81. The summed E-state index contributed by atoms with van der Waals surface area (Å²) in [6, 6.07) is 19.8. The molecule has 0 bridgehead atoms. The molecule has 6 heteroatoms. The van der Waals surface area contributed by atoms with Gasteiger partial charge in [0.05, 0.1) is 6.61 Å². The maximum atomic E-state index is 5.64. The van der Waals surface area contributed by atoms with Gasteiger partial charge in [0.1, 0.15) is 23.9 Å². The second-order valence-electron chi connectivity index (χ2n) is 5.96. The van der Waals surface area contributed by atoms with E-state index in [1.807, 2.05) is 71.3 Å². The van der Waals surface area contributed by atoms with Crippen LogP contribution in [0.1, 0.15) is 0 Å². The highest BCUT2D eigenvalue weighted by Crippen LogP contribution is 2.31. The molecule has 4 aromatic rings. The lowest BCUT2D eigenvalue weighted by molar-refractivity contribution is 0.146. The molecule has 0 amide bonds. The summed E-state index contributed by atoms with van der Waals surface area (Å²) in [5.74, 6) is 2.32. The number of para-hydroxylation sites is 1. The molecule has 0 aliphatic rings. The van der Waals surface area contributed by atoms with Crippen LogP contribution in [0.25, 0.3) is 17.0 Å². The zero-order valence-electron chi connectivity index (χ0n) is 15.0. The molecule has 2 heterocycles. The predicted octanol–water partition coefficient (Wildman–Crippen LogP) is 4.17. The lowest BCUT2D eigenvalue weighted by Gasteiger charge is -2.09. The molecule has 0 fully saturated rings. The van der Waals surface area contributed by atoms with Crippen molar-refractivity contribution in [1.29, 1.82) is 0 Å². The number of rotatable bonds is 7. The molecule has 136 valence electrons. The van der Waals surface area contributed by atoms with Gasteiger partial charge in [0.2, 0.25) is 5.78 Å². The summed E-state index contributed by atoms with van der Waals surface area (Å²) in [6.45, 7) is 1.08. The van der Waals surface area contributed by atoms with Gasteiger partial charge in [-0.15, -0.1) is 0 Å². The van der Waals surface area contributed by atoms with Crippen LogP contribution in [0.5, 0.6) is 5.75 Å². The van der Waals surface area contributed by atoms with Crippen molar-refractivity contribution in [3.63, 3.8) is 0 Å². The molecule has 0 spiro atoms. The van der Waals surface area contributed by atoms with E-state index < -0.39 is 0 Å². The third-order valence-electron chi connectivity index (χ3n) is 4.12. The monoisotopic (exact) mass is 360 g/mol. The highest BCUT2D eigenvalue weighted by atomic mass is 16.5. The Morgan fingerprint density at radius 2 is 1.78 bits per heavy atom. The van der Waals surface area contributed by atoms with Crippen LogP contribution >= 0.6 is 0 Å². The fourth-order valence-corrected chi connectivity index (χ4v) is 2.82. The third-order valence-corrected chi connectivity index (χ3v) is 4.12. The number of ether oxygens (including phenoxy) is 2. The molecule has 1 N–H and O–H groups in total. The Morgan fingerprint density at radius 1 is 0.963 bits per heavy atom. The van der Waals surface area contributed by atoms with Gasteiger partial charge in [0.15, 0.2) is 0 Å². The number of methoxy groups -OCH3 is 1. The van der Waals surface area contributed by atoms with Crippen molar-refractivity contribution in [2.45, 2.75) is 0 Å². The Bertz CT molecular complexity index is 1010. The van der Waals surface area contributed by atoms with Crippen LogP contribution in [-0.4, -0.2) is 34.7 Å². The van der Waals surface area contributed by atoms with Gasteiger partial charge in [-0.3, -0.25) is 4.40 Å². The molecule has 0 unspecified atom stereocenters. The minimum Gasteiger partial charge on any atom is -0.491 e. The molecule has 27 heavy (non-hydrogen) atoms. The van der Waals surface area contributed by atoms with E-state index in [9.17, 15) is 0 Å². The Morgan fingerprint density at radius 3 is 2.56 bits per heavy atom. The number of nitrogens with one attached hydrogen (secondary N) is 1. The van der Waals surface area contributed by atoms with Crippen molar-refractivity contribution in [3.8, 4) is 17.0 Å². The number of aromatic nitrogens is 3. The normalized spacial score (nSPS) is 10.9.